The highest BCUT2D eigenvalue weighted by atomic mass is 32.2. The van der Waals surface area contributed by atoms with Gasteiger partial charge in [-0.15, -0.1) is 12.6 Å². The van der Waals surface area contributed by atoms with Crippen LogP contribution in [0.15, 0.2) is 30.3 Å². The number of thioether (sulfide) groups is 1. The molecule has 0 aromatic heterocycles. The minimum Gasteiger partial charge on any atom is -0.285 e. The van der Waals surface area contributed by atoms with Gasteiger partial charge in [0, 0.05) is 0 Å². The lowest BCUT2D eigenvalue weighted by Gasteiger charge is -2.22. The Labute approximate surface area is 92.9 Å². The molecule has 14 heavy (non-hydrogen) atoms. The second-order valence-electron chi connectivity index (χ2n) is 3.39. The summed E-state index contributed by atoms with van der Waals surface area (Å²) in [6.45, 7) is 1.90. The van der Waals surface area contributed by atoms with Crippen LogP contribution in [0.3, 0.4) is 0 Å². The van der Waals surface area contributed by atoms with Crippen LogP contribution in [0.25, 0.3) is 0 Å². The zero-order valence-electron chi connectivity index (χ0n) is 7.73. The molecule has 1 saturated heterocycles. The summed E-state index contributed by atoms with van der Waals surface area (Å²) >= 11 is 5.48. The fourth-order valence-electron chi connectivity index (χ4n) is 1.53. The molecule has 1 aliphatic heterocycles. The molecule has 2 nitrogen and oxygen atoms in total. The van der Waals surface area contributed by atoms with E-state index in [2.05, 4.69) is 17.9 Å². The molecule has 0 radical (unpaired) electrons. The van der Waals surface area contributed by atoms with Gasteiger partial charge in [-0.05, 0) is 12.5 Å². The largest absolute Gasteiger partial charge is 0.285 e. The number of hydrogen-bond acceptors (Lipinski definition) is 4. The van der Waals surface area contributed by atoms with E-state index < -0.39 is 5.54 Å². The van der Waals surface area contributed by atoms with Gasteiger partial charge < -0.3 is 0 Å². The maximum absolute atomic E-state index is 11.8. The number of rotatable bonds is 1. The minimum absolute atomic E-state index is 0.104. The summed E-state index contributed by atoms with van der Waals surface area (Å²) in [7, 11) is 0. The van der Waals surface area contributed by atoms with Crippen molar-refractivity contribution in [3.63, 3.8) is 0 Å². The lowest BCUT2D eigenvalue weighted by atomic mass is 9.94. The average molecular weight is 225 g/mol. The lowest BCUT2D eigenvalue weighted by Crippen LogP contribution is -2.40. The Morgan fingerprint density at radius 2 is 2.07 bits per heavy atom. The van der Waals surface area contributed by atoms with Crippen molar-refractivity contribution in [2.45, 2.75) is 17.2 Å². The lowest BCUT2D eigenvalue weighted by molar-refractivity contribution is -0.115. The van der Waals surface area contributed by atoms with Crippen molar-refractivity contribution in [3.8, 4) is 0 Å². The van der Waals surface area contributed by atoms with E-state index in [4.69, 9.17) is 0 Å². The van der Waals surface area contributed by atoms with E-state index in [0.717, 1.165) is 5.56 Å². The molecular formula is C10H11NOS2. The normalized spacial score (nSPS) is 32.1. The third-order valence-electron chi connectivity index (χ3n) is 2.39. The Hall–Kier alpha value is -0.450. The van der Waals surface area contributed by atoms with E-state index in [9.17, 15) is 4.79 Å². The number of hydrogen-bond donors (Lipinski definition) is 2. The zero-order chi connectivity index (χ0) is 10.2. The van der Waals surface area contributed by atoms with Crippen LogP contribution in [0.2, 0.25) is 0 Å². The minimum atomic E-state index is -0.585. The molecule has 1 heterocycles. The molecular weight excluding hydrogens is 214 g/mol. The summed E-state index contributed by atoms with van der Waals surface area (Å²) in [5.41, 5.74) is 0.410. The Morgan fingerprint density at radius 3 is 2.57 bits per heavy atom. The van der Waals surface area contributed by atoms with Gasteiger partial charge in [0.05, 0.1) is 0 Å². The number of carbonyl (C=O) groups excluding carboxylic acids is 1. The average Bonchev–Trinajstić information content (AvgIpc) is 2.43. The van der Waals surface area contributed by atoms with Crippen LogP contribution < -0.4 is 5.32 Å². The number of carbonyl (C=O) groups is 1. The highest BCUT2D eigenvalue weighted by molar-refractivity contribution is 8.21. The molecule has 0 aliphatic carbocycles. The van der Waals surface area contributed by atoms with E-state index in [1.54, 1.807) is 0 Å². The molecule has 0 saturated carbocycles. The maximum Gasteiger partial charge on any atom is 0.215 e. The van der Waals surface area contributed by atoms with Gasteiger partial charge in [0.1, 0.15) is 10.2 Å². The van der Waals surface area contributed by atoms with Crippen molar-refractivity contribution in [3.05, 3.63) is 35.9 Å². The Balaban J connectivity index is 2.38. The highest BCUT2D eigenvalue weighted by Gasteiger charge is 2.43. The van der Waals surface area contributed by atoms with Crippen molar-refractivity contribution >= 4 is 29.5 Å². The fourth-order valence-corrected chi connectivity index (χ4v) is 2.98. The summed E-state index contributed by atoms with van der Waals surface area (Å²) in [5.74, 6) is 0. The first-order valence-corrected chi connectivity index (χ1v) is 5.75. The van der Waals surface area contributed by atoms with E-state index in [-0.39, 0.29) is 9.82 Å². The van der Waals surface area contributed by atoms with E-state index >= 15 is 0 Å². The standard InChI is InChI=1S/C10H11NOS2/c1-10(7-5-3-2-4-6-7)8(12)14-9(13)11-10/h2-6,9,11,13H,1H3/t9-,10-/m0/s1. The van der Waals surface area contributed by atoms with Crippen LogP contribution in [0.4, 0.5) is 0 Å². The second-order valence-corrected chi connectivity index (χ2v) is 5.34. The van der Waals surface area contributed by atoms with E-state index in [1.807, 2.05) is 37.3 Å². The van der Waals surface area contributed by atoms with Crippen LogP contribution in [-0.2, 0) is 10.3 Å². The SMILES string of the molecule is C[C@@]1(c2ccccc2)N[C@@H](S)SC1=O. The molecule has 1 aromatic rings. The van der Waals surface area contributed by atoms with Gasteiger partial charge >= 0.3 is 0 Å². The number of nitrogens with one attached hydrogen (secondary N) is 1. The highest BCUT2D eigenvalue weighted by Crippen LogP contribution is 2.37. The first kappa shape index (κ1) is 10.1. The van der Waals surface area contributed by atoms with Gasteiger partial charge in [0.2, 0.25) is 5.12 Å². The molecule has 1 fully saturated rings. The molecule has 2 rings (SSSR count). The van der Waals surface area contributed by atoms with Crippen molar-refractivity contribution in [2.75, 3.05) is 0 Å². The summed E-state index contributed by atoms with van der Waals surface area (Å²) in [6, 6.07) is 9.73. The molecule has 1 aliphatic rings. The van der Waals surface area contributed by atoms with Gasteiger partial charge in [-0.1, -0.05) is 42.1 Å². The van der Waals surface area contributed by atoms with Gasteiger partial charge in [-0.2, -0.15) is 0 Å². The second kappa shape index (κ2) is 3.61. The summed E-state index contributed by atoms with van der Waals surface area (Å²) in [6.07, 6.45) is 0. The summed E-state index contributed by atoms with van der Waals surface area (Å²) in [4.78, 5) is 11.8. The van der Waals surface area contributed by atoms with Crippen molar-refractivity contribution in [1.29, 1.82) is 0 Å². The molecule has 1 aromatic carbocycles. The molecule has 0 bridgehead atoms. The number of thiol groups is 1. The number of benzene rings is 1. The molecule has 0 amide bonds. The molecule has 1 N–H and O–H groups in total. The van der Waals surface area contributed by atoms with Gasteiger partial charge in [-0.25, -0.2) is 0 Å². The summed E-state index contributed by atoms with van der Waals surface area (Å²) in [5, 5.41) is 3.30. The monoisotopic (exact) mass is 225 g/mol. The van der Waals surface area contributed by atoms with Crippen LogP contribution in [0.1, 0.15) is 12.5 Å². The first-order chi connectivity index (χ1) is 6.63. The smallest absolute Gasteiger partial charge is 0.215 e. The predicted octanol–water partition coefficient (Wildman–Crippen LogP) is 1.98. The molecule has 0 unspecified atom stereocenters. The van der Waals surface area contributed by atoms with Gasteiger partial charge in [0.15, 0.2) is 0 Å². The Bertz CT molecular complexity index is 354. The molecule has 2 atom stereocenters. The Morgan fingerprint density at radius 1 is 1.43 bits per heavy atom. The van der Waals surface area contributed by atoms with Gasteiger partial charge in [-0.3, -0.25) is 10.1 Å². The van der Waals surface area contributed by atoms with Gasteiger partial charge in [0.25, 0.3) is 0 Å². The maximum atomic E-state index is 11.8. The van der Waals surface area contributed by atoms with Crippen molar-refractivity contribution < 1.29 is 4.79 Å². The van der Waals surface area contributed by atoms with Crippen LogP contribution >= 0.6 is 24.4 Å². The third kappa shape index (κ3) is 1.58. The van der Waals surface area contributed by atoms with E-state index in [1.165, 1.54) is 11.8 Å². The fraction of sp³-hybridized carbons (Fsp3) is 0.300. The van der Waals surface area contributed by atoms with Crippen molar-refractivity contribution in [1.82, 2.24) is 5.32 Å². The third-order valence-corrected chi connectivity index (χ3v) is 3.80. The molecule has 0 spiro atoms. The van der Waals surface area contributed by atoms with Crippen LogP contribution in [0.5, 0.6) is 0 Å². The van der Waals surface area contributed by atoms with Crippen molar-refractivity contribution in [2.24, 2.45) is 0 Å². The predicted molar refractivity (Wildman–Crippen MR) is 62.3 cm³/mol. The first-order valence-electron chi connectivity index (χ1n) is 4.35. The Kier molecular flexibility index (Phi) is 2.60. The summed E-state index contributed by atoms with van der Waals surface area (Å²) < 4.78 is -0.104. The van der Waals surface area contributed by atoms with E-state index in [0.29, 0.717) is 0 Å². The molecule has 74 valence electrons. The van der Waals surface area contributed by atoms with Crippen LogP contribution in [-0.4, -0.2) is 9.82 Å². The topological polar surface area (TPSA) is 29.1 Å². The van der Waals surface area contributed by atoms with Crippen LogP contribution in [0, 0.1) is 0 Å². The zero-order valence-corrected chi connectivity index (χ0v) is 9.44. The quantitative estimate of drug-likeness (QED) is 0.716. The molecule has 4 heteroatoms.